The summed E-state index contributed by atoms with van der Waals surface area (Å²) in [4.78, 5) is 10.9. The van der Waals surface area contributed by atoms with Crippen LogP contribution in [0.15, 0.2) is 6.07 Å². The topological polar surface area (TPSA) is 63.8 Å². The van der Waals surface area contributed by atoms with Gasteiger partial charge < -0.3 is 11.1 Å². The molecule has 2 rings (SSSR count). The van der Waals surface area contributed by atoms with Gasteiger partial charge in [-0.25, -0.2) is 4.98 Å². The molecule has 0 fully saturated rings. The maximum Gasteiger partial charge on any atom is 0.223 e. The number of nitrogen functional groups attached to an aromatic ring is 1. The van der Waals surface area contributed by atoms with E-state index in [-0.39, 0.29) is 0 Å². The summed E-state index contributed by atoms with van der Waals surface area (Å²) in [5.74, 6) is 2.95. The third kappa shape index (κ3) is 3.51. The van der Waals surface area contributed by atoms with Crippen molar-refractivity contribution in [2.45, 2.75) is 20.3 Å². The van der Waals surface area contributed by atoms with Crippen LogP contribution in [0, 0.1) is 5.92 Å². The van der Waals surface area contributed by atoms with Crippen molar-refractivity contribution < 1.29 is 0 Å². The Kier molecular flexibility index (Phi) is 4.87. The minimum absolute atomic E-state index is 0.344. The molecule has 0 radical (unpaired) electrons. The van der Waals surface area contributed by atoms with Crippen LogP contribution in [0.3, 0.4) is 0 Å². The van der Waals surface area contributed by atoms with Gasteiger partial charge in [0.1, 0.15) is 10.6 Å². The maximum atomic E-state index is 5.78. The molecule has 2 aromatic heterocycles. The summed E-state index contributed by atoms with van der Waals surface area (Å²) in [6.07, 6.45) is 3.15. The van der Waals surface area contributed by atoms with Gasteiger partial charge in [0, 0.05) is 11.4 Å². The predicted octanol–water partition coefficient (Wildman–Crippen LogP) is 3.25. The number of thioether (sulfide) groups is 1. The summed E-state index contributed by atoms with van der Waals surface area (Å²) in [6, 6.07) is 2.17. The zero-order valence-electron chi connectivity index (χ0n) is 11.6. The van der Waals surface area contributed by atoms with Crippen LogP contribution in [0.2, 0.25) is 0 Å². The summed E-state index contributed by atoms with van der Waals surface area (Å²) in [5, 5.41) is 4.50. The molecule has 0 bridgehead atoms. The molecule has 0 aromatic carbocycles. The summed E-state index contributed by atoms with van der Waals surface area (Å²) >= 11 is 3.56. The molecule has 0 saturated carbocycles. The van der Waals surface area contributed by atoms with Gasteiger partial charge in [0.25, 0.3) is 0 Å². The van der Waals surface area contributed by atoms with Crippen molar-refractivity contribution in [2.24, 2.45) is 5.92 Å². The highest BCUT2D eigenvalue weighted by Crippen LogP contribution is 2.29. The second kappa shape index (κ2) is 6.43. The Hall–Kier alpha value is -1.01. The number of hydrogen-bond acceptors (Lipinski definition) is 6. The smallest absolute Gasteiger partial charge is 0.223 e. The van der Waals surface area contributed by atoms with Crippen LogP contribution in [0.5, 0.6) is 0 Å². The molecular formula is C13H20N4S2. The van der Waals surface area contributed by atoms with Crippen molar-refractivity contribution in [2.75, 3.05) is 29.6 Å². The average molecular weight is 296 g/mol. The molecule has 0 aliphatic heterocycles. The minimum Gasteiger partial charge on any atom is -0.369 e. The van der Waals surface area contributed by atoms with Crippen LogP contribution >= 0.6 is 23.1 Å². The molecule has 0 spiro atoms. The molecule has 3 N–H and O–H groups in total. The Morgan fingerprint density at radius 2 is 2.26 bits per heavy atom. The highest BCUT2D eigenvalue weighted by atomic mass is 32.2. The zero-order chi connectivity index (χ0) is 13.8. The Morgan fingerprint density at radius 1 is 1.47 bits per heavy atom. The van der Waals surface area contributed by atoms with Crippen molar-refractivity contribution >= 4 is 45.1 Å². The molecule has 2 aromatic rings. The molecule has 19 heavy (non-hydrogen) atoms. The van der Waals surface area contributed by atoms with Crippen molar-refractivity contribution in [3.05, 3.63) is 10.9 Å². The molecule has 0 saturated heterocycles. The molecule has 104 valence electrons. The highest BCUT2D eigenvalue weighted by molar-refractivity contribution is 7.98. The number of nitrogens with zero attached hydrogens (tertiary/aromatic N) is 2. The fourth-order valence-corrected chi connectivity index (χ4v) is 3.57. The lowest BCUT2D eigenvalue weighted by Crippen LogP contribution is -2.14. The second-order valence-corrected chi connectivity index (χ2v) is 6.68. The number of nitrogens with one attached hydrogen (secondary N) is 1. The van der Waals surface area contributed by atoms with Gasteiger partial charge in [0.15, 0.2) is 0 Å². The molecule has 1 unspecified atom stereocenters. The SMILES string of the molecule is CCc1cc2c(NCC(C)CSC)nc(N)nc2s1. The molecule has 4 nitrogen and oxygen atoms in total. The fraction of sp³-hybridized carbons (Fsp3) is 0.538. The maximum absolute atomic E-state index is 5.78. The van der Waals surface area contributed by atoms with E-state index in [4.69, 9.17) is 5.73 Å². The van der Waals surface area contributed by atoms with Crippen molar-refractivity contribution in [3.8, 4) is 0 Å². The van der Waals surface area contributed by atoms with Crippen molar-refractivity contribution in [1.82, 2.24) is 9.97 Å². The number of aromatic nitrogens is 2. The number of rotatable bonds is 6. The number of anilines is 2. The van der Waals surface area contributed by atoms with Gasteiger partial charge in [-0.15, -0.1) is 11.3 Å². The number of fused-ring (bicyclic) bond motifs is 1. The monoisotopic (exact) mass is 296 g/mol. The first-order valence-electron chi connectivity index (χ1n) is 6.42. The van der Waals surface area contributed by atoms with E-state index in [1.54, 1.807) is 11.3 Å². The molecular weight excluding hydrogens is 276 g/mol. The predicted molar refractivity (Wildman–Crippen MR) is 87.2 cm³/mol. The number of aryl methyl sites for hydroxylation is 1. The number of thiophene rings is 1. The summed E-state index contributed by atoms with van der Waals surface area (Å²) in [6.45, 7) is 5.29. The summed E-state index contributed by atoms with van der Waals surface area (Å²) in [7, 11) is 0. The van der Waals surface area contributed by atoms with E-state index < -0.39 is 0 Å². The summed E-state index contributed by atoms with van der Waals surface area (Å²) < 4.78 is 0. The summed E-state index contributed by atoms with van der Waals surface area (Å²) in [5.41, 5.74) is 5.78. The van der Waals surface area contributed by atoms with E-state index in [0.717, 1.165) is 34.8 Å². The lowest BCUT2D eigenvalue weighted by Gasteiger charge is -2.12. The Balaban J connectivity index is 2.23. The van der Waals surface area contributed by atoms with Crippen molar-refractivity contribution in [3.63, 3.8) is 0 Å². The van der Waals surface area contributed by atoms with E-state index in [2.05, 4.69) is 41.5 Å². The van der Waals surface area contributed by atoms with Gasteiger partial charge in [-0.3, -0.25) is 0 Å². The number of hydrogen-bond donors (Lipinski definition) is 2. The fourth-order valence-electron chi connectivity index (χ4n) is 1.91. The normalized spacial score (nSPS) is 12.8. The molecule has 1 atom stereocenters. The third-order valence-corrected chi connectivity index (χ3v) is 4.95. The average Bonchev–Trinajstić information content (AvgIpc) is 2.79. The largest absolute Gasteiger partial charge is 0.369 e. The molecule has 2 heterocycles. The standard InChI is InChI=1S/C13H20N4S2/c1-4-9-5-10-11(15-6-8(2)7-18-3)16-13(14)17-12(10)19-9/h5,8H,4,6-7H2,1-3H3,(H3,14,15,16,17). The Morgan fingerprint density at radius 3 is 2.95 bits per heavy atom. The Bertz CT molecular complexity index is 553. The van der Waals surface area contributed by atoms with Crippen molar-refractivity contribution in [1.29, 1.82) is 0 Å². The van der Waals surface area contributed by atoms with Gasteiger partial charge in [-0.1, -0.05) is 13.8 Å². The van der Waals surface area contributed by atoms with Crippen LogP contribution in [0.1, 0.15) is 18.7 Å². The molecule has 0 amide bonds. The van der Waals surface area contributed by atoms with E-state index in [1.165, 1.54) is 4.88 Å². The van der Waals surface area contributed by atoms with Gasteiger partial charge in [-0.2, -0.15) is 16.7 Å². The van der Waals surface area contributed by atoms with Gasteiger partial charge in [0.2, 0.25) is 5.95 Å². The lowest BCUT2D eigenvalue weighted by atomic mass is 10.2. The first-order valence-corrected chi connectivity index (χ1v) is 8.63. The first kappa shape index (κ1) is 14.4. The minimum atomic E-state index is 0.344. The van der Waals surface area contributed by atoms with Gasteiger partial charge in [0.05, 0.1) is 5.39 Å². The molecule has 0 aliphatic carbocycles. The van der Waals surface area contributed by atoms with Crippen LogP contribution < -0.4 is 11.1 Å². The van der Waals surface area contributed by atoms with Crippen LogP contribution in [0.25, 0.3) is 10.2 Å². The Labute approximate surface area is 122 Å². The van der Waals surface area contributed by atoms with Crippen LogP contribution in [-0.2, 0) is 6.42 Å². The van der Waals surface area contributed by atoms with E-state index in [1.807, 2.05) is 11.8 Å². The van der Waals surface area contributed by atoms with Crippen LogP contribution in [0.4, 0.5) is 11.8 Å². The van der Waals surface area contributed by atoms with Crippen LogP contribution in [-0.4, -0.2) is 28.5 Å². The van der Waals surface area contributed by atoms with E-state index in [0.29, 0.717) is 11.9 Å². The zero-order valence-corrected chi connectivity index (χ0v) is 13.2. The third-order valence-electron chi connectivity index (χ3n) is 2.88. The van der Waals surface area contributed by atoms with E-state index >= 15 is 0 Å². The highest BCUT2D eigenvalue weighted by Gasteiger charge is 2.11. The van der Waals surface area contributed by atoms with Gasteiger partial charge >= 0.3 is 0 Å². The first-order chi connectivity index (χ1) is 9.13. The lowest BCUT2D eigenvalue weighted by molar-refractivity contribution is 0.700. The van der Waals surface area contributed by atoms with Gasteiger partial charge in [-0.05, 0) is 30.4 Å². The molecule has 6 heteroatoms. The number of nitrogens with two attached hydrogens (primary N) is 1. The second-order valence-electron chi connectivity index (χ2n) is 4.66. The molecule has 0 aliphatic rings. The quantitative estimate of drug-likeness (QED) is 0.856. The van der Waals surface area contributed by atoms with E-state index in [9.17, 15) is 0 Å².